The molecule has 2 N–H and O–H groups in total. The lowest BCUT2D eigenvalue weighted by molar-refractivity contribution is -0.143. The summed E-state index contributed by atoms with van der Waals surface area (Å²) in [5.41, 5.74) is 0.906. The molecule has 0 bridgehead atoms. The molecule has 0 saturated heterocycles. The maximum atomic E-state index is 12.2. The summed E-state index contributed by atoms with van der Waals surface area (Å²) in [6.45, 7) is 1.94. The number of benzene rings is 1. The van der Waals surface area contributed by atoms with E-state index in [0.29, 0.717) is 22.5 Å². The van der Waals surface area contributed by atoms with E-state index in [1.807, 2.05) is 6.92 Å². The molecule has 1 aromatic heterocycles. The minimum atomic E-state index is -0.863. The van der Waals surface area contributed by atoms with Crippen molar-refractivity contribution < 1.29 is 19.1 Å². The first-order valence-corrected chi connectivity index (χ1v) is 7.65. The quantitative estimate of drug-likeness (QED) is 0.352. The standard InChI is InChI=1S/C16H17ClN2O4/c1-2-3-6-23-14(20)9-19-16(22)15(21)12-8-18-13-5-4-10(17)7-11(12)13/h4-5,7-8,18H,2-3,6,9H2,1H3,(H,19,22). The highest BCUT2D eigenvalue weighted by Gasteiger charge is 2.20. The molecule has 2 rings (SSSR count). The molecular formula is C16H17ClN2O4. The molecule has 0 saturated carbocycles. The lowest BCUT2D eigenvalue weighted by atomic mass is 10.1. The van der Waals surface area contributed by atoms with E-state index in [4.69, 9.17) is 16.3 Å². The van der Waals surface area contributed by atoms with Gasteiger partial charge in [-0.2, -0.15) is 0 Å². The van der Waals surface area contributed by atoms with Crippen LogP contribution in [0.3, 0.4) is 0 Å². The van der Waals surface area contributed by atoms with Crippen molar-refractivity contribution in [2.24, 2.45) is 0 Å². The summed E-state index contributed by atoms with van der Waals surface area (Å²) >= 11 is 5.91. The first kappa shape index (κ1) is 17.0. The number of fused-ring (bicyclic) bond motifs is 1. The Balaban J connectivity index is 1.98. The third-order valence-corrected chi connectivity index (χ3v) is 3.48. The molecule has 122 valence electrons. The summed E-state index contributed by atoms with van der Waals surface area (Å²) in [6.07, 6.45) is 3.11. The van der Waals surface area contributed by atoms with Crippen molar-refractivity contribution in [2.45, 2.75) is 19.8 Å². The Labute approximate surface area is 138 Å². The molecule has 0 aliphatic rings. The predicted octanol–water partition coefficient (Wildman–Crippen LogP) is 2.46. The monoisotopic (exact) mass is 336 g/mol. The Morgan fingerprint density at radius 3 is 2.83 bits per heavy atom. The van der Waals surface area contributed by atoms with Crippen LogP contribution in [0.2, 0.25) is 5.02 Å². The highest BCUT2D eigenvalue weighted by Crippen LogP contribution is 2.22. The average molecular weight is 337 g/mol. The SMILES string of the molecule is CCCCOC(=O)CNC(=O)C(=O)c1c[nH]c2ccc(Cl)cc12. The van der Waals surface area contributed by atoms with Crippen molar-refractivity contribution >= 4 is 40.2 Å². The van der Waals surface area contributed by atoms with Gasteiger partial charge in [-0.05, 0) is 24.6 Å². The molecule has 7 heteroatoms. The van der Waals surface area contributed by atoms with E-state index in [1.54, 1.807) is 18.2 Å². The van der Waals surface area contributed by atoms with Gasteiger partial charge >= 0.3 is 5.97 Å². The second-order valence-corrected chi connectivity index (χ2v) is 5.41. The van der Waals surface area contributed by atoms with E-state index >= 15 is 0 Å². The van der Waals surface area contributed by atoms with Crippen molar-refractivity contribution in [1.29, 1.82) is 0 Å². The van der Waals surface area contributed by atoms with E-state index in [1.165, 1.54) is 6.20 Å². The van der Waals surface area contributed by atoms with Gasteiger partial charge < -0.3 is 15.0 Å². The Bertz CT molecular complexity index is 739. The van der Waals surface area contributed by atoms with Gasteiger partial charge in [0.15, 0.2) is 0 Å². The molecule has 0 aliphatic heterocycles. The zero-order valence-electron chi connectivity index (χ0n) is 12.6. The fourth-order valence-electron chi connectivity index (χ4n) is 2.02. The van der Waals surface area contributed by atoms with Crippen LogP contribution in [-0.4, -0.2) is 35.8 Å². The van der Waals surface area contributed by atoms with E-state index in [9.17, 15) is 14.4 Å². The van der Waals surface area contributed by atoms with Crippen molar-refractivity contribution in [1.82, 2.24) is 10.3 Å². The van der Waals surface area contributed by atoms with Crippen LogP contribution in [-0.2, 0) is 14.3 Å². The third kappa shape index (κ3) is 4.32. The van der Waals surface area contributed by atoms with Crippen LogP contribution in [0.1, 0.15) is 30.1 Å². The van der Waals surface area contributed by atoms with Crippen LogP contribution in [0, 0.1) is 0 Å². The molecule has 23 heavy (non-hydrogen) atoms. The molecule has 2 aromatic rings. The fraction of sp³-hybridized carbons (Fsp3) is 0.312. The first-order valence-electron chi connectivity index (χ1n) is 7.27. The molecule has 1 heterocycles. The zero-order chi connectivity index (χ0) is 16.8. The number of carbonyl (C=O) groups is 3. The molecular weight excluding hydrogens is 320 g/mol. The number of hydrogen-bond acceptors (Lipinski definition) is 4. The number of H-pyrrole nitrogens is 1. The van der Waals surface area contributed by atoms with Gasteiger partial charge in [0, 0.05) is 22.1 Å². The molecule has 0 fully saturated rings. The summed E-state index contributed by atoms with van der Waals surface area (Å²) in [5, 5.41) is 3.29. The van der Waals surface area contributed by atoms with Crippen molar-refractivity contribution in [3.63, 3.8) is 0 Å². The number of ether oxygens (including phenoxy) is 1. The first-order chi connectivity index (χ1) is 11.0. The normalized spacial score (nSPS) is 10.5. The fourth-order valence-corrected chi connectivity index (χ4v) is 2.19. The van der Waals surface area contributed by atoms with Gasteiger partial charge in [-0.15, -0.1) is 0 Å². The maximum Gasteiger partial charge on any atom is 0.325 e. The van der Waals surface area contributed by atoms with Gasteiger partial charge in [0.25, 0.3) is 11.7 Å². The van der Waals surface area contributed by atoms with Gasteiger partial charge in [0.1, 0.15) is 6.54 Å². The number of ketones is 1. The molecule has 0 radical (unpaired) electrons. The highest BCUT2D eigenvalue weighted by atomic mass is 35.5. The second kappa shape index (κ2) is 7.78. The summed E-state index contributed by atoms with van der Waals surface area (Å²) < 4.78 is 4.90. The molecule has 1 amide bonds. The number of nitrogens with one attached hydrogen (secondary N) is 2. The number of carbonyl (C=O) groups excluding carboxylic acids is 3. The molecule has 0 aliphatic carbocycles. The van der Waals surface area contributed by atoms with Crippen LogP contribution in [0.25, 0.3) is 10.9 Å². The second-order valence-electron chi connectivity index (χ2n) is 4.98. The lowest BCUT2D eigenvalue weighted by Crippen LogP contribution is -2.35. The number of aromatic amines is 1. The Morgan fingerprint density at radius 2 is 2.09 bits per heavy atom. The largest absolute Gasteiger partial charge is 0.464 e. The van der Waals surface area contributed by atoms with E-state index < -0.39 is 17.7 Å². The molecule has 0 unspecified atom stereocenters. The molecule has 6 nitrogen and oxygen atoms in total. The minimum Gasteiger partial charge on any atom is -0.464 e. The number of unbranched alkanes of at least 4 members (excludes halogenated alkanes) is 1. The summed E-state index contributed by atoms with van der Waals surface area (Å²) in [6, 6.07) is 5.01. The number of aromatic nitrogens is 1. The highest BCUT2D eigenvalue weighted by molar-refractivity contribution is 6.45. The topological polar surface area (TPSA) is 88.3 Å². The van der Waals surface area contributed by atoms with Gasteiger partial charge in [-0.25, -0.2) is 0 Å². The third-order valence-electron chi connectivity index (χ3n) is 3.25. The van der Waals surface area contributed by atoms with Crippen LogP contribution in [0.15, 0.2) is 24.4 Å². The molecule has 0 atom stereocenters. The summed E-state index contributed by atoms with van der Waals surface area (Å²) in [4.78, 5) is 38.4. The van der Waals surface area contributed by atoms with Crippen molar-refractivity contribution in [3.8, 4) is 0 Å². The Kier molecular flexibility index (Phi) is 5.76. The Hall–Kier alpha value is -2.34. The number of Topliss-reactive ketones (excluding diaryl/α,β-unsaturated/α-hetero) is 1. The Morgan fingerprint density at radius 1 is 1.30 bits per heavy atom. The van der Waals surface area contributed by atoms with Crippen molar-refractivity contribution in [2.75, 3.05) is 13.2 Å². The maximum absolute atomic E-state index is 12.2. The van der Waals surface area contributed by atoms with Gasteiger partial charge in [0.05, 0.1) is 12.2 Å². The predicted molar refractivity (Wildman–Crippen MR) is 86.5 cm³/mol. The number of amides is 1. The molecule has 0 spiro atoms. The van der Waals surface area contributed by atoms with Gasteiger partial charge in [-0.1, -0.05) is 24.9 Å². The summed E-state index contributed by atoms with van der Waals surface area (Å²) in [7, 11) is 0. The summed E-state index contributed by atoms with van der Waals surface area (Å²) in [5.74, 6) is -2.17. The smallest absolute Gasteiger partial charge is 0.325 e. The zero-order valence-corrected chi connectivity index (χ0v) is 13.4. The van der Waals surface area contributed by atoms with Gasteiger partial charge in [-0.3, -0.25) is 14.4 Å². The number of halogens is 1. The minimum absolute atomic E-state index is 0.208. The number of hydrogen-bond donors (Lipinski definition) is 2. The van der Waals surface area contributed by atoms with E-state index in [0.717, 1.165) is 12.8 Å². The van der Waals surface area contributed by atoms with Crippen LogP contribution < -0.4 is 5.32 Å². The van der Waals surface area contributed by atoms with E-state index in [2.05, 4.69) is 10.3 Å². The average Bonchev–Trinajstić information content (AvgIpc) is 2.95. The van der Waals surface area contributed by atoms with E-state index in [-0.39, 0.29) is 12.1 Å². The van der Waals surface area contributed by atoms with Crippen molar-refractivity contribution in [3.05, 3.63) is 35.0 Å². The number of esters is 1. The number of rotatable bonds is 7. The van der Waals surface area contributed by atoms with Crippen LogP contribution in [0.5, 0.6) is 0 Å². The van der Waals surface area contributed by atoms with Crippen LogP contribution >= 0.6 is 11.6 Å². The van der Waals surface area contributed by atoms with Crippen LogP contribution in [0.4, 0.5) is 0 Å². The molecule has 1 aromatic carbocycles. The lowest BCUT2D eigenvalue weighted by Gasteiger charge is -2.05. The van der Waals surface area contributed by atoms with Gasteiger partial charge in [0.2, 0.25) is 0 Å².